The Labute approximate surface area is 117 Å². The lowest BCUT2D eigenvalue weighted by Gasteiger charge is -2.34. The maximum atomic E-state index is 9.31. The molecule has 1 aromatic rings. The van der Waals surface area contributed by atoms with Crippen LogP contribution in [0, 0.1) is 23.7 Å². The van der Waals surface area contributed by atoms with E-state index in [0.717, 1.165) is 36.3 Å². The standard InChI is InChI=1S/C16H25N3/c1-5-8-19(12-16(3,4)11-18)15-7-6-13(2)9-14(15)10-17/h6-7,9H,5,8,11-12,18H2,1-4H3. The van der Waals surface area contributed by atoms with Crippen LogP contribution in [0.15, 0.2) is 18.2 Å². The van der Waals surface area contributed by atoms with Crippen LogP contribution < -0.4 is 10.6 Å². The van der Waals surface area contributed by atoms with E-state index in [0.29, 0.717) is 6.54 Å². The molecular formula is C16H25N3. The zero-order valence-electron chi connectivity index (χ0n) is 12.5. The maximum absolute atomic E-state index is 9.31. The molecule has 0 heterocycles. The fourth-order valence-corrected chi connectivity index (χ4v) is 2.15. The van der Waals surface area contributed by atoms with Crippen molar-refractivity contribution in [2.45, 2.75) is 34.1 Å². The van der Waals surface area contributed by atoms with Crippen molar-refractivity contribution in [3.63, 3.8) is 0 Å². The molecule has 3 heteroatoms. The zero-order valence-corrected chi connectivity index (χ0v) is 12.5. The number of nitrogens with two attached hydrogens (primary N) is 1. The van der Waals surface area contributed by atoms with Crippen LogP contribution in [0.1, 0.15) is 38.3 Å². The van der Waals surface area contributed by atoms with Gasteiger partial charge in [-0.1, -0.05) is 26.8 Å². The molecule has 0 saturated carbocycles. The van der Waals surface area contributed by atoms with E-state index in [1.165, 1.54) is 0 Å². The molecule has 0 saturated heterocycles. The fraction of sp³-hybridized carbons (Fsp3) is 0.562. The average Bonchev–Trinajstić information content (AvgIpc) is 2.38. The minimum Gasteiger partial charge on any atom is -0.370 e. The molecule has 104 valence electrons. The van der Waals surface area contributed by atoms with E-state index in [1.54, 1.807) is 0 Å². The first-order chi connectivity index (χ1) is 8.93. The number of anilines is 1. The van der Waals surface area contributed by atoms with Crippen LogP contribution in [-0.4, -0.2) is 19.6 Å². The van der Waals surface area contributed by atoms with Crippen LogP contribution in [0.5, 0.6) is 0 Å². The number of aryl methyl sites for hydroxylation is 1. The number of hydrogen-bond donors (Lipinski definition) is 1. The van der Waals surface area contributed by atoms with Crippen LogP contribution in [0.4, 0.5) is 5.69 Å². The topological polar surface area (TPSA) is 53.0 Å². The molecule has 2 N–H and O–H groups in total. The summed E-state index contributed by atoms with van der Waals surface area (Å²) in [5.74, 6) is 0. The fourth-order valence-electron chi connectivity index (χ4n) is 2.15. The highest BCUT2D eigenvalue weighted by molar-refractivity contribution is 5.60. The molecule has 0 unspecified atom stereocenters. The number of benzene rings is 1. The van der Waals surface area contributed by atoms with Crippen molar-refractivity contribution in [1.82, 2.24) is 0 Å². The Hall–Kier alpha value is -1.53. The third-order valence-electron chi connectivity index (χ3n) is 3.28. The van der Waals surface area contributed by atoms with Gasteiger partial charge in [0.2, 0.25) is 0 Å². The summed E-state index contributed by atoms with van der Waals surface area (Å²) in [5, 5.41) is 9.31. The number of hydrogen-bond acceptors (Lipinski definition) is 3. The van der Waals surface area contributed by atoms with Crippen molar-refractivity contribution in [2.75, 3.05) is 24.5 Å². The van der Waals surface area contributed by atoms with Gasteiger partial charge in [0.1, 0.15) is 6.07 Å². The molecular weight excluding hydrogens is 234 g/mol. The third kappa shape index (κ3) is 4.25. The van der Waals surface area contributed by atoms with E-state index in [2.05, 4.69) is 43.9 Å². The SMILES string of the molecule is CCCN(CC(C)(C)CN)c1ccc(C)cc1C#N. The summed E-state index contributed by atoms with van der Waals surface area (Å²) in [6, 6.07) is 8.37. The molecule has 0 bridgehead atoms. The minimum atomic E-state index is 0.0484. The van der Waals surface area contributed by atoms with Gasteiger partial charge in [-0.3, -0.25) is 0 Å². The first-order valence-corrected chi connectivity index (χ1v) is 6.89. The van der Waals surface area contributed by atoms with Crippen molar-refractivity contribution in [3.8, 4) is 6.07 Å². The Morgan fingerprint density at radius 1 is 1.37 bits per heavy atom. The molecule has 0 fully saturated rings. The lowest BCUT2D eigenvalue weighted by atomic mass is 9.92. The van der Waals surface area contributed by atoms with Crippen LogP contribution in [0.2, 0.25) is 0 Å². The van der Waals surface area contributed by atoms with Gasteiger partial charge >= 0.3 is 0 Å². The lowest BCUT2D eigenvalue weighted by molar-refractivity contribution is 0.377. The third-order valence-corrected chi connectivity index (χ3v) is 3.28. The van der Waals surface area contributed by atoms with E-state index in [4.69, 9.17) is 5.73 Å². The molecule has 0 aromatic heterocycles. The second kappa shape index (κ2) is 6.58. The summed E-state index contributed by atoms with van der Waals surface area (Å²) in [6.45, 7) is 10.9. The van der Waals surface area contributed by atoms with Gasteiger partial charge in [-0.05, 0) is 43.0 Å². The molecule has 0 spiro atoms. The Bertz CT molecular complexity index is 458. The maximum Gasteiger partial charge on any atom is 0.101 e. The predicted molar refractivity (Wildman–Crippen MR) is 81.2 cm³/mol. The van der Waals surface area contributed by atoms with E-state index in [-0.39, 0.29) is 5.41 Å². The highest BCUT2D eigenvalue weighted by Gasteiger charge is 2.21. The summed E-state index contributed by atoms with van der Waals surface area (Å²) < 4.78 is 0. The molecule has 0 atom stereocenters. The van der Waals surface area contributed by atoms with Gasteiger partial charge in [0.15, 0.2) is 0 Å². The summed E-state index contributed by atoms with van der Waals surface area (Å²) in [7, 11) is 0. The minimum absolute atomic E-state index is 0.0484. The molecule has 0 radical (unpaired) electrons. The van der Waals surface area contributed by atoms with Gasteiger partial charge in [0.05, 0.1) is 11.3 Å². The van der Waals surface area contributed by atoms with Gasteiger partial charge in [-0.2, -0.15) is 5.26 Å². The highest BCUT2D eigenvalue weighted by Crippen LogP contribution is 2.25. The van der Waals surface area contributed by atoms with E-state index >= 15 is 0 Å². The summed E-state index contributed by atoms with van der Waals surface area (Å²) >= 11 is 0. The van der Waals surface area contributed by atoms with Gasteiger partial charge in [-0.15, -0.1) is 0 Å². The van der Waals surface area contributed by atoms with E-state index in [9.17, 15) is 5.26 Å². The molecule has 0 amide bonds. The Morgan fingerprint density at radius 2 is 2.05 bits per heavy atom. The van der Waals surface area contributed by atoms with Crippen LogP contribution >= 0.6 is 0 Å². The van der Waals surface area contributed by atoms with Crippen LogP contribution in [0.25, 0.3) is 0 Å². The van der Waals surface area contributed by atoms with E-state index in [1.807, 2.05) is 13.0 Å². The molecule has 0 aliphatic heterocycles. The molecule has 0 aliphatic rings. The Morgan fingerprint density at radius 3 is 2.58 bits per heavy atom. The number of nitrogens with zero attached hydrogens (tertiary/aromatic N) is 2. The average molecular weight is 259 g/mol. The van der Waals surface area contributed by atoms with Gasteiger partial charge in [0, 0.05) is 13.1 Å². The number of rotatable bonds is 6. The highest BCUT2D eigenvalue weighted by atomic mass is 15.1. The monoisotopic (exact) mass is 259 g/mol. The number of nitriles is 1. The van der Waals surface area contributed by atoms with Crippen molar-refractivity contribution in [3.05, 3.63) is 29.3 Å². The van der Waals surface area contributed by atoms with Gasteiger partial charge in [-0.25, -0.2) is 0 Å². The second-order valence-electron chi connectivity index (χ2n) is 5.92. The largest absolute Gasteiger partial charge is 0.370 e. The predicted octanol–water partition coefficient (Wildman–Crippen LogP) is 3.07. The first-order valence-electron chi connectivity index (χ1n) is 6.89. The first kappa shape index (κ1) is 15.5. The molecule has 1 rings (SSSR count). The smallest absolute Gasteiger partial charge is 0.101 e. The van der Waals surface area contributed by atoms with Crippen LogP contribution in [-0.2, 0) is 0 Å². The Kier molecular flexibility index (Phi) is 5.38. The normalized spacial score (nSPS) is 11.2. The summed E-state index contributed by atoms with van der Waals surface area (Å²) in [5.41, 5.74) is 8.78. The van der Waals surface area contributed by atoms with Gasteiger partial charge in [0.25, 0.3) is 0 Å². The van der Waals surface area contributed by atoms with E-state index < -0.39 is 0 Å². The van der Waals surface area contributed by atoms with Gasteiger partial charge < -0.3 is 10.6 Å². The second-order valence-corrected chi connectivity index (χ2v) is 5.92. The lowest BCUT2D eigenvalue weighted by Crippen LogP contribution is -2.39. The summed E-state index contributed by atoms with van der Waals surface area (Å²) in [6.07, 6.45) is 1.05. The van der Waals surface area contributed by atoms with Crippen molar-refractivity contribution in [2.24, 2.45) is 11.1 Å². The zero-order chi connectivity index (χ0) is 14.5. The molecule has 0 aliphatic carbocycles. The van der Waals surface area contributed by atoms with Crippen molar-refractivity contribution in [1.29, 1.82) is 5.26 Å². The molecule has 1 aromatic carbocycles. The van der Waals surface area contributed by atoms with Crippen LogP contribution in [0.3, 0.4) is 0 Å². The quantitative estimate of drug-likeness (QED) is 0.854. The summed E-state index contributed by atoms with van der Waals surface area (Å²) in [4.78, 5) is 2.28. The van der Waals surface area contributed by atoms with Crippen molar-refractivity contribution < 1.29 is 0 Å². The molecule has 3 nitrogen and oxygen atoms in total. The molecule has 19 heavy (non-hydrogen) atoms. The van der Waals surface area contributed by atoms with Crippen molar-refractivity contribution >= 4 is 5.69 Å². The Balaban J connectivity index is 3.09.